The molecule has 0 bridgehead atoms. The van der Waals surface area contributed by atoms with Crippen LogP contribution in [0, 0.1) is 0 Å². The summed E-state index contributed by atoms with van der Waals surface area (Å²) in [4.78, 5) is 65.0. The molecule has 0 spiro atoms. The molecule has 1 atom stereocenters. The molecule has 2 aromatic heterocycles. The second-order valence-corrected chi connectivity index (χ2v) is 31.2. The largest absolute Gasteiger partial charge is 0.493 e. The molecule has 610 valence electrons. The fourth-order valence-electron chi connectivity index (χ4n) is 10.3. The summed E-state index contributed by atoms with van der Waals surface area (Å²) < 4.78 is 157. The summed E-state index contributed by atoms with van der Waals surface area (Å²) >= 11 is 0. The minimum atomic E-state index is -4.45. The maximum absolute atomic E-state index is 13.7. The Morgan fingerprint density at radius 3 is 1.03 bits per heavy atom. The average Bonchev–Trinajstić information content (AvgIpc) is 0.817. The molecule has 0 fully saturated rings. The zero-order valence-electron chi connectivity index (χ0n) is 61.2. The predicted octanol–water partition coefficient (Wildman–Crippen LogP) is 13.4. The van der Waals surface area contributed by atoms with E-state index < -0.39 is 99.9 Å². The third-order valence-corrected chi connectivity index (χ3v) is 18.9. The molecule has 0 aliphatic heterocycles. The first-order valence-corrected chi connectivity index (χ1v) is 41.4. The van der Waals surface area contributed by atoms with E-state index in [1.54, 1.807) is 78.9 Å². The van der Waals surface area contributed by atoms with Gasteiger partial charge in [-0.1, -0.05) is 60.7 Å². The molecule has 0 amide bonds. The highest BCUT2D eigenvalue weighted by Crippen LogP contribution is 2.37. The first kappa shape index (κ1) is 86.0. The molecule has 8 aromatic carbocycles. The first-order chi connectivity index (χ1) is 55.8. The minimum absolute atomic E-state index is 0.00439. The van der Waals surface area contributed by atoms with Crippen LogP contribution in [0.4, 0.5) is 80.7 Å². The van der Waals surface area contributed by atoms with Crippen molar-refractivity contribution in [1.82, 2.24) is 29.9 Å². The molecule has 0 saturated heterocycles. The number of aromatic carboxylic acids is 2. The van der Waals surface area contributed by atoms with Crippen LogP contribution >= 0.6 is 0 Å². The van der Waals surface area contributed by atoms with E-state index in [1.165, 1.54) is 103 Å². The van der Waals surface area contributed by atoms with Crippen molar-refractivity contribution in [3.8, 4) is 23.0 Å². The van der Waals surface area contributed by atoms with Crippen LogP contribution in [-0.2, 0) is 58.1 Å². The number of hydrogen-bond donors (Lipinski definition) is 11. The van der Waals surface area contributed by atoms with Gasteiger partial charge in [-0.15, -0.1) is 0 Å². The fraction of sp³-hybridized carbons (Fsp3) is 0.219. The molecule has 0 radical (unpaired) electrons. The third-order valence-electron chi connectivity index (χ3n) is 15.7. The molecule has 10 rings (SSSR count). The number of azo groups is 4. The number of aliphatic carboxylic acids is 1. The Bertz CT molecular complexity index is 5830. The molecule has 40 nitrogen and oxygen atoms in total. The van der Waals surface area contributed by atoms with Gasteiger partial charge in [-0.25, -0.2) is 19.4 Å². The molecule has 0 aliphatic rings. The number of hydrogen-bond acceptors (Lipinski definition) is 33. The zero-order valence-corrected chi connectivity index (χ0v) is 64.4. The monoisotopic (exact) mass is 1680 g/mol. The van der Waals surface area contributed by atoms with Crippen LogP contribution < -0.4 is 40.2 Å². The molecule has 0 aliphatic carbocycles. The Morgan fingerprint density at radius 2 is 0.675 bits per heavy atom. The number of ether oxygens (including phenoxy) is 4. The second kappa shape index (κ2) is 40.6. The average molecular weight is 1680 g/mol. The van der Waals surface area contributed by atoms with Gasteiger partial charge < -0.3 is 55.5 Å². The van der Waals surface area contributed by atoms with Crippen molar-refractivity contribution in [2.75, 3.05) is 77.3 Å². The van der Waals surface area contributed by atoms with Gasteiger partial charge in [0.15, 0.2) is 0 Å². The van der Waals surface area contributed by atoms with Crippen molar-refractivity contribution in [2.24, 2.45) is 40.9 Å². The van der Waals surface area contributed by atoms with E-state index in [0.717, 1.165) is 0 Å². The van der Waals surface area contributed by atoms with E-state index in [9.17, 15) is 81.6 Å². The quantitative estimate of drug-likeness (QED) is 0.00959. The third kappa shape index (κ3) is 29.5. The maximum atomic E-state index is 13.7. The summed E-state index contributed by atoms with van der Waals surface area (Å²) in [5.41, 5.74) is 2.97. The first-order valence-electron chi connectivity index (χ1n) is 34.9. The molecule has 44 heteroatoms. The molecule has 0 saturated carbocycles. The number of nitrogens with one attached hydrogen (secondary N) is 4. The highest BCUT2D eigenvalue weighted by molar-refractivity contribution is 7.86. The maximum Gasteiger partial charge on any atom is 0.335 e. The molecule has 2 heterocycles. The van der Waals surface area contributed by atoms with Crippen molar-refractivity contribution in [1.29, 1.82) is 0 Å². The Balaban J connectivity index is 1.03. The van der Waals surface area contributed by atoms with E-state index in [1.807, 2.05) is 0 Å². The van der Waals surface area contributed by atoms with Gasteiger partial charge in [-0.2, -0.15) is 99.5 Å². The lowest BCUT2D eigenvalue weighted by Crippen LogP contribution is -2.37. The summed E-state index contributed by atoms with van der Waals surface area (Å²) in [6, 6.07) is 45.0. The van der Waals surface area contributed by atoms with E-state index in [2.05, 4.69) is 77.1 Å². The zero-order chi connectivity index (χ0) is 83.5. The van der Waals surface area contributed by atoms with Crippen molar-refractivity contribution >= 4 is 139 Å². The Morgan fingerprint density at radius 1 is 0.350 bits per heavy atom. The van der Waals surface area contributed by atoms with Crippen LogP contribution in [0.5, 0.6) is 23.0 Å². The molecule has 10 aromatic rings. The Hall–Kier alpha value is -13.4. The minimum Gasteiger partial charge on any atom is -0.493 e. The van der Waals surface area contributed by atoms with Gasteiger partial charge in [-0.3, -0.25) is 18.2 Å². The Labute approximate surface area is 667 Å². The lowest BCUT2D eigenvalue weighted by atomic mass is 10.1. The summed E-state index contributed by atoms with van der Waals surface area (Å²) in [5, 5.41) is 76.1. The standard InChI is InChI=1S/C73H72N18O22S4/c92-67(93)48-13-7-19-52(37-48)86-90-55-24-22-47(62(42-55)111-30-10-34-115(101,102)103)40-66-78-65(39-46-21-23-54(88-84-50-15-3-1-4-16-50)41-61(46)110-29-9-33-114(98,99)100)79-70(80-66)74-45-60(69(96)97)77-73-82-71(75-58-27-25-56(89-85-51-17-5-2-6-18-51)43-63(58)112-31-11-35-116(104,105)106)81-72(83-73)76-59-28-26-57(44-64(59)113-32-12-36-117(107,108)109)91-87-53-20-8-14-49(38-53)68(94)95/h1-8,13-28,37-38,41-44,60H,9-12,29-36,39-40,45H2,(H,92,93)(H,94,95)(H,96,97)(H,98,99,100)(H,101,102,103)(H,104,105,106)(H,107,108,109)(H,74,78,79,80)(H3,75,76,77,81,82,83). The number of carboxylic acid groups (broad SMARTS) is 3. The second-order valence-electron chi connectivity index (χ2n) is 24.9. The van der Waals surface area contributed by atoms with Crippen LogP contribution in [0.2, 0.25) is 0 Å². The van der Waals surface area contributed by atoms with E-state index in [4.69, 9.17) is 33.9 Å². The van der Waals surface area contributed by atoms with Gasteiger partial charge in [0, 0.05) is 54.8 Å². The molecular formula is C73H72N18O22S4. The smallest absolute Gasteiger partial charge is 0.335 e. The number of benzene rings is 8. The van der Waals surface area contributed by atoms with E-state index in [-0.39, 0.29) is 168 Å². The van der Waals surface area contributed by atoms with Gasteiger partial charge in [0.1, 0.15) is 40.7 Å². The topological polar surface area (TPSA) is 591 Å². The lowest BCUT2D eigenvalue weighted by Gasteiger charge is -2.18. The molecular weight excluding hydrogens is 1610 g/mol. The van der Waals surface area contributed by atoms with Crippen molar-refractivity contribution in [2.45, 2.75) is 44.6 Å². The molecule has 117 heavy (non-hydrogen) atoms. The van der Waals surface area contributed by atoms with Crippen molar-refractivity contribution in [3.63, 3.8) is 0 Å². The number of rotatable bonds is 44. The van der Waals surface area contributed by atoms with Gasteiger partial charge >= 0.3 is 17.9 Å². The van der Waals surface area contributed by atoms with Crippen LogP contribution in [0.1, 0.15) is 69.2 Å². The van der Waals surface area contributed by atoms with E-state index >= 15 is 0 Å². The fourth-order valence-corrected chi connectivity index (χ4v) is 12.2. The van der Waals surface area contributed by atoms with Crippen molar-refractivity contribution < 1.29 is 101 Å². The van der Waals surface area contributed by atoms with Crippen LogP contribution in [0.3, 0.4) is 0 Å². The summed E-state index contributed by atoms with van der Waals surface area (Å²) in [6.07, 6.45) is -1.13. The Kier molecular flexibility index (Phi) is 29.8. The highest BCUT2D eigenvalue weighted by atomic mass is 32.2. The summed E-state index contributed by atoms with van der Waals surface area (Å²) in [5.74, 6) is -7.77. The lowest BCUT2D eigenvalue weighted by molar-refractivity contribution is -0.137. The number of anilines is 6. The normalized spacial score (nSPS) is 12.2. The number of carboxylic acids is 3. The number of nitrogens with zero attached hydrogens (tertiary/aromatic N) is 14. The summed E-state index contributed by atoms with van der Waals surface area (Å²) in [7, 11) is -17.7. The van der Waals surface area contributed by atoms with Gasteiger partial charge in [0.25, 0.3) is 40.5 Å². The van der Waals surface area contributed by atoms with Gasteiger partial charge in [-0.05, 0) is 123 Å². The molecule has 11 N–H and O–H groups in total. The van der Waals surface area contributed by atoms with Crippen LogP contribution in [0.15, 0.2) is 223 Å². The summed E-state index contributed by atoms with van der Waals surface area (Å²) in [6.45, 7) is -1.69. The van der Waals surface area contributed by atoms with Crippen molar-refractivity contribution in [3.05, 3.63) is 216 Å². The highest BCUT2D eigenvalue weighted by Gasteiger charge is 2.24. The number of aromatic nitrogens is 6. The molecule has 1 unspecified atom stereocenters. The number of carbonyl (C=O) groups is 3. The van der Waals surface area contributed by atoms with E-state index in [0.29, 0.717) is 28.2 Å². The van der Waals surface area contributed by atoms with Gasteiger partial charge in [0.05, 0.1) is 117 Å². The SMILES string of the molecule is O=C(O)c1cccc(N=Nc2ccc(Cc3nc(Cc4ccc(N=Nc5ccccc5)cc4OCCCS(=O)(=O)O)nc(NCC(Nc4nc(Nc5ccc(N=Nc6ccccc6)cc5OCCCS(=O)(=O)O)nc(Nc5ccc(N=Nc6cccc(C(=O)O)c6)cc5OCCCS(=O)(=O)O)n4)C(=O)O)n3)c(OCCCS(=O)(=O)O)c2)c1. The van der Waals surface area contributed by atoms with Gasteiger partial charge in [0.2, 0.25) is 23.8 Å². The van der Waals surface area contributed by atoms with Crippen LogP contribution in [-0.4, -0.2) is 177 Å². The predicted molar refractivity (Wildman–Crippen MR) is 424 cm³/mol. The van der Waals surface area contributed by atoms with Crippen LogP contribution in [0.25, 0.3) is 0 Å².